The molecule has 1 fully saturated rings. The van der Waals surface area contributed by atoms with Gasteiger partial charge in [0, 0.05) is 46.8 Å². The average Bonchev–Trinajstić information content (AvgIpc) is 3.30. The monoisotopic (exact) mass is 427 g/mol. The summed E-state index contributed by atoms with van der Waals surface area (Å²) in [6.07, 6.45) is 1.52. The Kier molecular flexibility index (Phi) is 5.32. The van der Waals surface area contributed by atoms with Crippen molar-refractivity contribution in [1.82, 2.24) is 25.4 Å². The van der Waals surface area contributed by atoms with Gasteiger partial charge in [-0.05, 0) is 51.8 Å². The molecule has 4 rings (SSSR count). The van der Waals surface area contributed by atoms with E-state index in [2.05, 4.69) is 20.5 Å². The molecule has 0 saturated carbocycles. The first-order valence-electron chi connectivity index (χ1n) is 10.1. The van der Waals surface area contributed by atoms with Crippen molar-refractivity contribution >= 4 is 34.3 Å². The van der Waals surface area contributed by atoms with Crippen LogP contribution in [0.4, 0.5) is 0 Å². The summed E-state index contributed by atoms with van der Waals surface area (Å²) in [5.41, 5.74) is 3.53. The summed E-state index contributed by atoms with van der Waals surface area (Å²) < 4.78 is 0. The molecule has 1 aromatic carbocycles. The Labute approximate surface area is 180 Å². The van der Waals surface area contributed by atoms with Gasteiger partial charge in [0.1, 0.15) is 5.69 Å². The number of benzene rings is 1. The number of H-pyrrole nitrogens is 2. The molecule has 8 heteroatoms. The molecular formula is C22H26ClN5O2. The van der Waals surface area contributed by atoms with Gasteiger partial charge < -0.3 is 15.2 Å². The number of nitrogens with one attached hydrogen (secondary N) is 3. The number of carbonyl (C=O) groups is 2. The number of halogens is 1. The van der Waals surface area contributed by atoms with E-state index in [4.69, 9.17) is 11.6 Å². The highest BCUT2D eigenvalue weighted by Gasteiger charge is 2.39. The summed E-state index contributed by atoms with van der Waals surface area (Å²) in [4.78, 5) is 31.1. The van der Waals surface area contributed by atoms with Gasteiger partial charge in [-0.3, -0.25) is 14.7 Å². The van der Waals surface area contributed by atoms with E-state index in [9.17, 15) is 9.59 Å². The van der Waals surface area contributed by atoms with Gasteiger partial charge in [0.15, 0.2) is 0 Å². The third-order valence-electron chi connectivity index (χ3n) is 6.08. The number of amides is 2. The quantitative estimate of drug-likeness (QED) is 0.592. The number of nitrogens with zero attached hydrogens (tertiary/aromatic N) is 2. The summed E-state index contributed by atoms with van der Waals surface area (Å²) in [5.74, 6) is -0.151. The largest absolute Gasteiger partial charge is 0.351 e. The Bertz CT molecular complexity index is 1100. The van der Waals surface area contributed by atoms with Gasteiger partial charge >= 0.3 is 0 Å². The molecule has 0 aliphatic carbocycles. The van der Waals surface area contributed by atoms with Crippen LogP contribution >= 0.6 is 11.6 Å². The fourth-order valence-electron chi connectivity index (χ4n) is 4.22. The zero-order valence-corrected chi connectivity index (χ0v) is 18.2. The van der Waals surface area contributed by atoms with Gasteiger partial charge in [0.2, 0.25) is 5.91 Å². The second-order valence-corrected chi connectivity index (χ2v) is 8.78. The number of carbonyl (C=O) groups excluding carboxylic acids is 2. The Balaban J connectivity index is 1.47. The number of aromatic nitrogens is 3. The number of hydrogen-bond acceptors (Lipinski definition) is 3. The molecule has 3 heterocycles. The van der Waals surface area contributed by atoms with E-state index in [0.29, 0.717) is 30.4 Å². The van der Waals surface area contributed by atoms with Crippen LogP contribution < -0.4 is 5.32 Å². The topological polar surface area (TPSA) is 93.9 Å². The van der Waals surface area contributed by atoms with Gasteiger partial charge in [0.05, 0.1) is 11.1 Å². The van der Waals surface area contributed by atoms with Crippen LogP contribution in [-0.2, 0) is 11.3 Å². The van der Waals surface area contributed by atoms with Crippen LogP contribution in [0.5, 0.6) is 0 Å². The van der Waals surface area contributed by atoms with Crippen molar-refractivity contribution in [2.24, 2.45) is 5.41 Å². The summed E-state index contributed by atoms with van der Waals surface area (Å²) in [5, 5.41) is 11.6. The maximum absolute atomic E-state index is 13.1. The van der Waals surface area contributed by atoms with E-state index in [1.54, 1.807) is 17.0 Å². The molecule has 3 aromatic rings. The lowest BCUT2D eigenvalue weighted by atomic mass is 9.80. The third-order valence-corrected chi connectivity index (χ3v) is 6.41. The number of likely N-dealkylation sites (tertiary alicyclic amines) is 1. The number of aryl methyl sites for hydroxylation is 2. The Morgan fingerprint density at radius 1 is 1.33 bits per heavy atom. The molecule has 1 saturated heterocycles. The van der Waals surface area contributed by atoms with Crippen molar-refractivity contribution in [2.45, 2.75) is 40.2 Å². The van der Waals surface area contributed by atoms with Crippen molar-refractivity contribution in [1.29, 1.82) is 0 Å². The molecular weight excluding hydrogens is 402 g/mol. The van der Waals surface area contributed by atoms with Gasteiger partial charge in [-0.1, -0.05) is 17.7 Å². The molecule has 2 aromatic heterocycles. The summed E-state index contributed by atoms with van der Waals surface area (Å²) >= 11 is 6.24. The minimum atomic E-state index is -0.636. The lowest BCUT2D eigenvalue weighted by Gasteiger charge is -2.39. The van der Waals surface area contributed by atoms with Crippen molar-refractivity contribution in [2.75, 3.05) is 13.1 Å². The molecule has 1 atom stereocenters. The van der Waals surface area contributed by atoms with Crippen LogP contribution in [0.15, 0.2) is 24.3 Å². The fraction of sp³-hybridized carbons (Fsp3) is 0.409. The Morgan fingerprint density at radius 2 is 2.13 bits per heavy atom. The number of piperidine rings is 1. The fourth-order valence-corrected chi connectivity index (χ4v) is 4.45. The maximum atomic E-state index is 13.1. The standard InChI is InChI=1S/C22H26ClN5O2/c1-13-16(14(2)27-26-13)11-24-21(30)22(3)8-5-9-28(12-22)20(29)19-10-15-17(23)6-4-7-18(15)25-19/h4,6-7,10,25H,5,8-9,11-12H2,1-3H3,(H,24,30)(H,26,27). The maximum Gasteiger partial charge on any atom is 0.270 e. The van der Waals surface area contributed by atoms with Gasteiger partial charge in [-0.25, -0.2) is 0 Å². The molecule has 0 radical (unpaired) electrons. The summed E-state index contributed by atoms with van der Waals surface area (Å²) in [6.45, 7) is 7.22. The SMILES string of the molecule is Cc1n[nH]c(C)c1CNC(=O)C1(C)CCCN(C(=O)c2cc3c(Cl)cccc3[nH]2)C1. The highest BCUT2D eigenvalue weighted by atomic mass is 35.5. The van der Waals surface area contributed by atoms with Crippen molar-refractivity contribution in [3.8, 4) is 0 Å². The Hall–Kier alpha value is -2.80. The first-order chi connectivity index (χ1) is 14.3. The van der Waals surface area contributed by atoms with E-state index in [-0.39, 0.29) is 11.8 Å². The van der Waals surface area contributed by atoms with Crippen molar-refractivity contribution in [3.05, 3.63) is 51.9 Å². The second-order valence-electron chi connectivity index (χ2n) is 8.37. The summed E-state index contributed by atoms with van der Waals surface area (Å²) in [7, 11) is 0. The highest BCUT2D eigenvalue weighted by Crippen LogP contribution is 2.31. The number of aromatic amines is 2. The zero-order valence-electron chi connectivity index (χ0n) is 17.4. The molecule has 1 aliphatic rings. The lowest BCUT2D eigenvalue weighted by molar-refractivity contribution is -0.132. The van der Waals surface area contributed by atoms with Gasteiger partial charge in [-0.2, -0.15) is 5.10 Å². The molecule has 30 heavy (non-hydrogen) atoms. The van der Waals surface area contributed by atoms with E-state index < -0.39 is 5.41 Å². The van der Waals surface area contributed by atoms with Crippen LogP contribution in [0.2, 0.25) is 5.02 Å². The van der Waals surface area contributed by atoms with Gasteiger partial charge in [-0.15, -0.1) is 0 Å². The molecule has 1 aliphatic heterocycles. The molecule has 7 nitrogen and oxygen atoms in total. The van der Waals surface area contributed by atoms with Crippen molar-refractivity contribution < 1.29 is 9.59 Å². The molecule has 3 N–H and O–H groups in total. The Morgan fingerprint density at radius 3 is 2.83 bits per heavy atom. The predicted octanol–water partition coefficient (Wildman–Crippen LogP) is 3.72. The zero-order chi connectivity index (χ0) is 21.5. The normalized spacial score (nSPS) is 19.3. The molecule has 2 amide bonds. The molecule has 0 spiro atoms. The minimum Gasteiger partial charge on any atom is -0.351 e. The van der Waals surface area contributed by atoms with Crippen LogP contribution in [-0.4, -0.2) is 45.0 Å². The van der Waals surface area contributed by atoms with Crippen LogP contribution in [0.3, 0.4) is 0 Å². The first-order valence-corrected chi connectivity index (χ1v) is 10.5. The number of hydrogen-bond donors (Lipinski definition) is 3. The second kappa shape index (κ2) is 7.80. The highest BCUT2D eigenvalue weighted by molar-refractivity contribution is 6.35. The average molecular weight is 428 g/mol. The molecule has 0 bridgehead atoms. The van der Waals surface area contributed by atoms with E-state index in [1.807, 2.05) is 32.9 Å². The number of fused-ring (bicyclic) bond motifs is 1. The van der Waals surface area contributed by atoms with E-state index in [0.717, 1.165) is 40.7 Å². The van der Waals surface area contributed by atoms with Crippen LogP contribution in [0.25, 0.3) is 10.9 Å². The van der Waals surface area contributed by atoms with Crippen LogP contribution in [0.1, 0.15) is 47.2 Å². The third kappa shape index (κ3) is 3.69. The van der Waals surface area contributed by atoms with E-state index >= 15 is 0 Å². The lowest BCUT2D eigenvalue weighted by Crippen LogP contribution is -2.51. The van der Waals surface area contributed by atoms with Crippen molar-refractivity contribution in [3.63, 3.8) is 0 Å². The van der Waals surface area contributed by atoms with Crippen LogP contribution in [0, 0.1) is 19.3 Å². The first kappa shape index (κ1) is 20.5. The molecule has 1 unspecified atom stereocenters. The predicted molar refractivity (Wildman–Crippen MR) is 116 cm³/mol. The summed E-state index contributed by atoms with van der Waals surface area (Å²) in [6, 6.07) is 7.33. The van der Waals surface area contributed by atoms with Gasteiger partial charge in [0.25, 0.3) is 5.91 Å². The number of rotatable bonds is 4. The van der Waals surface area contributed by atoms with E-state index in [1.165, 1.54) is 0 Å². The minimum absolute atomic E-state index is 0.0420. The smallest absolute Gasteiger partial charge is 0.270 e. The molecule has 158 valence electrons.